The molecule has 0 saturated heterocycles. The molecule has 90 valence electrons. The van der Waals surface area contributed by atoms with Crippen LogP contribution in [0.25, 0.3) is 0 Å². The Hall–Kier alpha value is -0.870. The number of rotatable bonds is 5. The van der Waals surface area contributed by atoms with E-state index in [1.54, 1.807) is 26.0 Å². The number of hydrogen-bond acceptors (Lipinski definition) is 4. The van der Waals surface area contributed by atoms with Gasteiger partial charge < -0.3 is 15.2 Å². The first kappa shape index (κ1) is 13.2. The second-order valence-electron chi connectivity index (χ2n) is 3.70. The highest BCUT2D eigenvalue weighted by atomic mass is 32.2. The van der Waals surface area contributed by atoms with Crippen LogP contribution in [0, 0.1) is 0 Å². The Balaban J connectivity index is 3.19. The molecule has 1 rings (SSSR count). The molecule has 2 N–H and O–H groups in total. The van der Waals surface area contributed by atoms with E-state index in [1.165, 1.54) is 0 Å². The normalized spacial score (nSPS) is 12.3. The van der Waals surface area contributed by atoms with Crippen LogP contribution in [-0.4, -0.2) is 26.5 Å². The number of thioether (sulfide) groups is 1. The Kier molecular flexibility index (Phi) is 4.96. The molecule has 1 unspecified atom stereocenters. The molecule has 0 saturated carbocycles. The molecule has 0 aromatic heterocycles. The molecule has 0 aliphatic heterocycles. The van der Waals surface area contributed by atoms with Crippen molar-refractivity contribution in [2.75, 3.05) is 20.5 Å². The molecule has 0 heterocycles. The van der Waals surface area contributed by atoms with Crippen LogP contribution in [0.4, 0.5) is 0 Å². The van der Waals surface area contributed by atoms with Crippen molar-refractivity contribution in [3.8, 4) is 11.5 Å². The molecular weight excluding hydrogens is 222 g/mol. The van der Waals surface area contributed by atoms with Crippen molar-refractivity contribution in [3.05, 3.63) is 17.7 Å². The van der Waals surface area contributed by atoms with E-state index in [9.17, 15) is 0 Å². The lowest BCUT2D eigenvalue weighted by Crippen LogP contribution is -2.18. The Morgan fingerprint density at radius 3 is 2.44 bits per heavy atom. The molecule has 0 aliphatic carbocycles. The summed E-state index contributed by atoms with van der Waals surface area (Å²) in [6, 6.07) is 4.08. The van der Waals surface area contributed by atoms with Crippen molar-refractivity contribution in [2.45, 2.75) is 24.3 Å². The Labute approximate surface area is 101 Å². The van der Waals surface area contributed by atoms with Crippen molar-refractivity contribution in [1.82, 2.24) is 0 Å². The van der Waals surface area contributed by atoms with Gasteiger partial charge in [0, 0.05) is 11.6 Å². The maximum atomic E-state index is 5.83. The summed E-state index contributed by atoms with van der Waals surface area (Å²) in [5, 5.41) is 0. The molecule has 0 aliphatic rings. The van der Waals surface area contributed by atoms with Gasteiger partial charge in [-0.05, 0) is 31.7 Å². The smallest absolute Gasteiger partial charge is 0.135 e. The minimum Gasteiger partial charge on any atom is -0.497 e. The molecule has 0 amide bonds. The Morgan fingerprint density at radius 2 is 2.00 bits per heavy atom. The fourth-order valence-electron chi connectivity index (χ4n) is 1.63. The summed E-state index contributed by atoms with van der Waals surface area (Å²) in [6.45, 7) is 1.98. The van der Waals surface area contributed by atoms with Crippen LogP contribution in [0.15, 0.2) is 17.0 Å². The summed E-state index contributed by atoms with van der Waals surface area (Å²) in [5.41, 5.74) is 6.93. The average molecular weight is 241 g/mol. The highest BCUT2D eigenvalue weighted by molar-refractivity contribution is 7.98. The van der Waals surface area contributed by atoms with Crippen LogP contribution in [0.3, 0.4) is 0 Å². The lowest BCUT2D eigenvalue weighted by atomic mass is 10.1. The lowest BCUT2D eigenvalue weighted by Gasteiger charge is -2.15. The summed E-state index contributed by atoms with van der Waals surface area (Å²) >= 11 is 1.64. The summed E-state index contributed by atoms with van der Waals surface area (Å²) < 4.78 is 10.7. The van der Waals surface area contributed by atoms with Gasteiger partial charge >= 0.3 is 0 Å². The van der Waals surface area contributed by atoms with Crippen LogP contribution in [0.1, 0.15) is 12.5 Å². The fraction of sp³-hybridized carbons (Fsp3) is 0.500. The molecular formula is C12H19NO2S. The van der Waals surface area contributed by atoms with E-state index < -0.39 is 0 Å². The zero-order valence-corrected chi connectivity index (χ0v) is 11.1. The van der Waals surface area contributed by atoms with Gasteiger partial charge in [-0.25, -0.2) is 0 Å². The van der Waals surface area contributed by atoms with E-state index in [1.807, 2.05) is 25.3 Å². The molecule has 4 heteroatoms. The molecule has 1 aromatic rings. The van der Waals surface area contributed by atoms with Crippen LogP contribution >= 0.6 is 11.8 Å². The Bertz CT molecular complexity index is 353. The van der Waals surface area contributed by atoms with Gasteiger partial charge in [0.05, 0.1) is 19.1 Å². The first-order valence-electron chi connectivity index (χ1n) is 5.16. The topological polar surface area (TPSA) is 44.5 Å². The van der Waals surface area contributed by atoms with Crippen LogP contribution in [0.5, 0.6) is 11.5 Å². The fourth-order valence-corrected chi connectivity index (χ4v) is 2.27. The number of hydrogen-bond donors (Lipinski definition) is 1. The van der Waals surface area contributed by atoms with E-state index in [-0.39, 0.29) is 6.04 Å². The maximum absolute atomic E-state index is 5.83. The van der Waals surface area contributed by atoms with Gasteiger partial charge in [0.2, 0.25) is 0 Å². The van der Waals surface area contributed by atoms with E-state index in [4.69, 9.17) is 15.2 Å². The summed E-state index contributed by atoms with van der Waals surface area (Å²) in [7, 11) is 3.35. The standard InChI is InChI=1S/C12H19NO2S/c1-8(13)5-9-6-10(14-2)7-11(16-4)12(9)15-3/h6-8H,5,13H2,1-4H3. The first-order chi connectivity index (χ1) is 7.62. The minimum atomic E-state index is 0.107. The molecule has 1 aromatic carbocycles. The van der Waals surface area contributed by atoms with Gasteiger partial charge in [0.25, 0.3) is 0 Å². The molecule has 16 heavy (non-hydrogen) atoms. The highest BCUT2D eigenvalue weighted by Crippen LogP contribution is 2.35. The quantitative estimate of drug-likeness (QED) is 0.804. The third-order valence-electron chi connectivity index (χ3n) is 2.31. The second kappa shape index (κ2) is 6.01. The number of benzene rings is 1. The van der Waals surface area contributed by atoms with Gasteiger partial charge in [-0.3, -0.25) is 0 Å². The van der Waals surface area contributed by atoms with Gasteiger partial charge in [0.15, 0.2) is 0 Å². The predicted molar refractivity (Wildman–Crippen MR) is 68.7 cm³/mol. The Morgan fingerprint density at radius 1 is 1.31 bits per heavy atom. The second-order valence-corrected chi connectivity index (χ2v) is 4.55. The van der Waals surface area contributed by atoms with E-state index in [0.717, 1.165) is 28.4 Å². The highest BCUT2D eigenvalue weighted by Gasteiger charge is 2.12. The van der Waals surface area contributed by atoms with Crippen molar-refractivity contribution >= 4 is 11.8 Å². The van der Waals surface area contributed by atoms with Gasteiger partial charge in [-0.2, -0.15) is 0 Å². The molecule has 0 fully saturated rings. The number of methoxy groups -OCH3 is 2. The van der Waals surface area contributed by atoms with Gasteiger partial charge in [0.1, 0.15) is 11.5 Å². The molecule has 0 bridgehead atoms. The third-order valence-corrected chi connectivity index (χ3v) is 3.05. The monoisotopic (exact) mass is 241 g/mol. The zero-order chi connectivity index (χ0) is 12.1. The molecule has 0 radical (unpaired) electrons. The minimum absolute atomic E-state index is 0.107. The summed E-state index contributed by atoms with van der Waals surface area (Å²) in [6.07, 6.45) is 2.81. The van der Waals surface area contributed by atoms with Crippen LogP contribution < -0.4 is 15.2 Å². The van der Waals surface area contributed by atoms with Gasteiger partial charge in [-0.1, -0.05) is 0 Å². The number of ether oxygens (including phenoxy) is 2. The summed E-state index contributed by atoms with van der Waals surface area (Å²) in [5.74, 6) is 1.76. The largest absolute Gasteiger partial charge is 0.497 e. The SMILES string of the molecule is COc1cc(CC(C)N)c(OC)c(SC)c1. The zero-order valence-electron chi connectivity index (χ0n) is 10.2. The average Bonchev–Trinajstić information content (AvgIpc) is 2.27. The van der Waals surface area contributed by atoms with Crippen LogP contribution in [-0.2, 0) is 6.42 Å². The molecule has 1 atom stereocenters. The predicted octanol–water partition coefficient (Wildman–Crippen LogP) is 2.32. The third kappa shape index (κ3) is 3.06. The lowest BCUT2D eigenvalue weighted by molar-refractivity contribution is 0.388. The van der Waals surface area contributed by atoms with Crippen molar-refractivity contribution < 1.29 is 9.47 Å². The van der Waals surface area contributed by atoms with Crippen molar-refractivity contribution in [2.24, 2.45) is 5.73 Å². The maximum Gasteiger partial charge on any atom is 0.135 e. The van der Waals surface area contributed by atoms with Crippen molar-refractivity contribution in [1.29, 1.82) is 0 Å². The molecule has 0 spiro atoms. The first-order valence-corrected chi connectivity index (χ1v) is 6.39. The van der Waals surface area contributed by atoms with Crippen molar-refractivity contribution in [3.63, 3.8) is 0 Å². The van der Waals surface area contributed by atoms with Crippen LogP contribution in [0.2, 0.25) is 0 Å². The van der Waals surface area contributed by atoms with E-state index in [0.29, 0.717) is 0 Å². The van der Waals surface area contributed by atoms with Gasteiger partial charge in [-0.15, -0.1) is 11.8 Å². The van der Waals surface area contributed by atoms with E-state index >= 15 is 0 Å². The number of nitrogens with two attached hydrogens (primary N) is 1. The van der Waals surface area contributed by atoms with E-state index in [2.05, 4.69) is 0 Å². The summed E-state index contributed by atoms with van der Waals surface area (Å²) in [4.78, 5) is 1.08. The molecule has 3 nitrogen and oxygen atoms in total.